The Labute approximate surface area is 175 Å². The quantitative estimate of drug-likeness (QED) is 0.658. The van der Waals surface area contributed by atoms with Crippen LogP contribution >= 0.6 is 11.6 Å². The summed E-state index contributed by atoms with van der Waals surface area (Å²) in [7, 11) is 1.61. The average Bonchev–Trinajstić information content (AvgIpc) is 2.74. The molecule has 0 unspecified atom stereocenters. The number of halogens is 2. The number of carbonyl (C=O) groups is 1. The number of amides is 1. The lowest BCUT2D eigenvalue weighted by atomic mass is 9.95. The fraction of sp³-hybridized carbons (Fsp3) is 0.409. The number of piperidine rings is 1. The maximum atomic E-state index is 14.0. The minimum Gasteiger partial charge on any atom is -0.497 e. The summed E-state index contributed by atoms with van der Waals surface area (Å²) in [5, 5.41) is 3.38. The van der Waals surface area contributed by atoms with Crippen LogP contribution in [-0.4, -0.2) is 44.2 Å². The second kappa shape index (κ2) is 10.5. The monoisotopic (exact) mass is 420 g/mol. The molecule has 1 saturated heterocycles. The van der Waals surface area contributed by atoms with E-state index in [9.17, 15) is 9.18 Å². The zero-order valence-electron chi connectivity index (χ0n) is 16.5. The Bertz CT molecular complexity index is 805. The van der Waals surface area contributed by atoms with Crippen LogP contribution in [0.5, 0.6) is 11.5 Å². The summed E-state index contributed by atoms with van der Waals surface area (Å²) in [5.74, 6) is 1.17. The van der Waals surface area contributed by atoms with E-state index in [2.05, 4.69) is 10.2 Å². The molecule has 0 aromatic heterocycles. The van der Waals surface area contributed by atoms with Gasteiger partial charge < -0.3 is 14.8 Å². The van der Waals surface area contributed by atoms with Crippen molar-refractivity contribution in [1.82, 2.24) is 10.2 Å². The molecular formula is C22H26ClFN2O3. The molecule has 5 nitrogen and oxygen atoms in total. The maximum absolute atomic E-state index is 14.0. The van der Waals surface area contributed by atoms with Crippen LogP contribution in [-0.2, 0) is 11.3 Å². The van der Waals surface area contributed by atoms with Crippen molar-refractivity contribution in [3.05, 3.63) is 58.9 Å². The fourth-order valence-corrected chi connectivity index (χ4v) is 3.66. The SMILES string of the molecule is COc1cccc(OCCNC(=O)C2CCN(Cc3c(F)cccc3Cl)CC2)c1. The van der Waals surface area contributed by atoms with Gasteiger partial charge in [0.1, 0.15) is 23.9 Å². The Kier molecular flexibility index (Phi) is 7.72. The number of hydrogen-bond donors (Lipinski definition) is 1. The van der Waals surface area contributed by atoms with E-state index >= 15 is 0 Å². The lowest BCUT2D eigenvalue weighted by Gasteiger charge is -2.31. The van der Waals surface area contributed by atoms with Gasteiger partial charge in [0, 0.05) is 29.1 Å². The van der Waals surface area contributed by atoms with Crippen molar-refractivity contribution < 1.29 is 18.7 Å². The van der Waals surface area contributed by atoms with Crippen molar-refractivity contribution >= 4 is 17.5 Å². The van der Waals surface area contributed by atoms with Gasteiger partial charge in [0.05, 0.1) is 13.7 Å². The Hall–Kier alpha value is -2.31. The Morgan fingerprint density at radius 1 is 1.21 bits per heavy atom. The topological polar surface area (TPSA) is 50.8 Å². The summed E-state index contributed by atoms with van der Waals surface area (Å²) in [6, 6.07) is 12.1. The van der Waals surface area contributed by atoms with Crippen molar-refractivity contribution in [2.45, 2.75) is 19.4 Å². The van der Waals surface area contributed by atoms with Gasteiger partial charge in [-0.3, -0.25) is 9.69 Å². The molecule has 0 aliphatic carbocycles. The van der Waals surface area contributed by atoms with Crippen LogP contribution < -0.4 is 14.8 Å². The standard InChI is InChI=1S/C22H26ClFN2O3/c1-28-17-4-2-5-18(14-17)29-13-10-25-22(27)16-8-11-26(12-9-16)15-19-20(23)6-3-7-21(19)24/h2-7,14,16H,8-13,15H2,1H3,(H,25,27). The van der Waals surface area contributed by atoms with E-state index in [0.29, 0.717) is 36.0 Å². The first-order valence-corrected chi connectivity index (χ1v) is 10.1. The van der Waals surface area contributed by atoms with Gasteiger partial charge in [-0.2, -0.15) is 0 Å². The molecule has 1 heterocycles. The molecule has 2 aromatic carbocycles. The second-order valence-corrected chi connectivity index (χ2v) is 7.48. The first-order chi connectivity index (χ1) is 14.1. The highest BCUT2D eigenvalue weighted by Crippen LogP contribution is 2.24. The van der Waals surface area contributed by atoms with Gasteiger partial charge in [-0.25, -0.2) is 4.39 Å². The molecule has 1 fully saturated rings. The Balaban J connectivity index is 1.37. The zero-order valence-corrected chi connectivity index (χ0v) is 17.3. The largest absolute Gasteiger partial charge is 0.497 e. The molecule has 1 amide bonds. The number of nitrogens with zero attached hydrogens (tertiary/aromatic N) is 1. The maximum Gasteiger partial charge on any atom is 0.223 e. The number of likely N-dealkylation sites (tertiary alicyclic amines) is 1. The lowest BCUT2D eigenvalue weighted by molar-refractivity contribution is -0.126. The molecule has 29 heavy (non-hydrogen) atoms. The molecule has 0 saturated carbocycles. The average molecular weight is 421 g/mol. The van der Waals surface area contributed by atoms with E-state index < -0.39 is 0 Å². The summed E-state index contributed by atoms with van der Waals surface area (Å²) in [4.78, 5) is 14.5. The molecule has 3 rings (SSSR count). The molecule has 0 atom stereocenters. The number of methoxy groups -OCH3 is 1. The van der Waals surface area contributed by atoms with Crippen LogP contribution in [0.25, 0.3) is 0 Å². The minimum atomic E-state index is -0.284. The van der Waals surface area contributed by atoms with Gasteiger partial charge in [0.25, 0.3) is 0 Å². The minimum absolute atomic E-state index is 0.0286. The van der Waals surface area contributed by atoms with Crippen molar-refractivity contribution in [2.75, 3.05) is 33.4 Å². The molecule has 7 heteroatoms. The molecule has 1 aliphatic rings. The first-order valence-electron chi connectivity index (χ1n) is 9.76. The summed E-state index contributed by atoms with van der Waals surface area (Å²) in [6.07, 6.45) is 1.49. The molecule has 0 spiro atoms. The highest BCUT2D eigenvalue weighted by molar-refractivity contribution is 6.31. The molecule has 1 aliphatic heterocycles. The van der Waals surface area contributed by atoms with Gasteiger partial charge >= 0.3 is 0 Å². The van der Waals surface area contributed by atoms with E-state index in [-0.39, 0.29) is 17.6 Å². The molecular weight excluding hydrogens is 395 g/mol. The van der Waals surface area contributed by atoms with Gasteiger partial charge in [0.15, 0.2) is 0 Å². The smallest absolute Gasteiger partial charge is 0.223 e. The predicted molar refractivity (Wildman–Crippen MR) is 111 cm³/mol. The highest BCUT2D eigenvalue weighted by Gasteiger charge is 2.25. The van der Waals surface area contributed by atoms with Crippen molar-refractivity contribution in [3.63, 3.8) is 0 Å². The van der Waals surface area contributed by atoms with Gasteiger partial charge in [0.2, 0.25) is 5.91 Å². The van der Waals surface area contributed by atoms with E-state index in [4.69, 9.17) is 21.1 Å². The fourth-order valence-electron chi connectivity index (χ4n) is 3.44. The molecule has 0 radical (unpaired) electrons. The number of hydrogen-bond acceptors (Lipinski definition) is 4. The molecule has 0 bridgehead atoms. The van der Waals surface area contributed by atoms with E-state index in [1.165, 1.54) is 6.07 Å². The van der Waals surface area contributed by atoms with E-state index in [1.807, 2.05) is 18.2 Å². The van der Waals surface area contributed by atoms with Crippen molar-refractivity contribution in [2.24, 2.45) is 5.92 Å². The number of carbonyl (C=O) groups excluding carboxylic acids is 1. The number of rotatable bonds is 8. The van der Waals surface area contributed by atoms with Crippen LogP contribution in [0.4, 0.5) is 4.39 Å². The second-order valence-electron chi connectivity index (χ2n) is 7.07. The highest BCUT2D eigenvalue weighted by atomic mass is 35.5. The number of benzene rings is 2. The first kappa shape index (κ1) is 21.4. The normalized spacial score (nSPS) is 15.1. The summed E-state index contributed by atoms with van der Waals surface area (Å²) in [6.45, 7) is 2.78. The molecule has 156 valence electrons. The van der Waals surface area contributed by atoms with Crippen molar-refractivity contribution in [1.29, 1.82) is 0 Å². The Morgan fingerprint density at radius 3 is 2.66 bits per heavy atom. The third kappa shape index (κ3) is 6.08. The van der Waals surface area contributed by atoms with Crippen LogP contribution in [0.3, 0.4) is 0 Å². The van der Waals surface area contributed by atoms with Crippen molar-refractivity contribution in [3.8, 4) is 11.5 Å². The van der Waals surface area contributed by atoms with Crippen LogP contribution in [0.15, 0.2) is 42.5 Å². The third-order valence-corrected chi connectivity index (χ3v) is 5.47. The molecule has 1 N–H and O–H groups in total. The predicted octanol–water partition coefficient (Wildman–Crippen LogP) is 3.89. The van der Waals surface area contributed by atoms with Crippen LogP contribution in [0.2, 0.25) is 5.02 Å². The molecule has 2 aromatic rings. The Morgan fingerprint density at radius 2 is 1.93 bits per heavy atom. The number of ether oxygens (including phenoxy) is 2. The van der Waals surface area contributed by atoms with Crippen LogP contribution in [0, 0.1) is 11.7 Å². The van der Waals surface area contributed by atoms with Gasteiger partial charge in [-0.15, -0.1) is 0 Å². The van der Waals surface area contributed by atoms with Gasteiger partial charge in [-0.05, 0) is 50.2 Å². The van der Waals surface area contributed by atoms with E-state index in [1.54, 1.807) is 25.3 Å². The number of nitrogens with one attached hydrogen (secondary N) is 1. The summed E-state index contributed by atoms with van der Waals surface area (Å²) >= 11 is 6.11. The zero-order chi connectivity index (χ0) is 20.6. The lowest BCUT2D eigenvalue weighted by Crippen LogP contribution is -2.41. The van der Waals surface area contributed by atoms with Crippen LogP contribution in [0.1, 0.15) is 18.4 Å². The van der Waals surface area contributed by atoms with E-state index in [0.717, 1.165) is 31.7 Å². The summed E-state index contributed by atoms with van der Waals surface area (Å²) < 4.78 is 24.8. The third-order valence-electron chi connectivity index (χ3n) is 5.11. The summed E-state index contributed by atoms with van der Waals surface area (Å²) in [5.41, 5.74) is 0.520. The van der Waals surface area contributed by atoms with Gasteiger partial charge in [-0.1, -0.05) is 23.7 Å².